The number of carbonyl (C=O) groups is 2. The van der Waals surface area contributed by atoms with Gasteiger partial charge in [0.15, 0.2) is 11.9 Å². The minimum Gasteiger partial charge on any atom is -0.466 e. The van der Waals surface area contributed by atoms with Crippen molar-refractivity contribution in [2.45, 2.75) is 56.7 Å². The smallest absolute Gasteiger partial charge is 0.422 e. The molecule has 2 aromatic rings. The average Bonchev–Trinajstić information content (AvgIpc) is 3.41. The summed E-state index contributed by atoms with van der Waals surface area (Å²) in [5.41, 5.74) is -1.80. The summed E-state index contributed by atoms with van der Waals surface area (Å²) in [7, 11) is 0. The van der Waals surface area contributed by atoms with Gasteiger partial charge in [0.25, 0.3) is 0 Å². The number of anilines is 1. The van der Waals surface area contributed by atoms with Crippen LogP contribution in [0.4, 0.5) is 10.6 Å². The van der Waals surface area contributed by atoms with Gasteiger partial charge in [-0.05, 0) is 37.1 Å². The molecule has 6 rings (SSSR count). The maximum Gasteiger partial charge on any atom is 0.422 e. The van der Waals surface area contributed by atoms with Crippen LogP contribution < -0.4 is 5.32 Å². The summed E-state index contributed by atoms with van der Waals surface area (Å²) in [6.45, 7) is 1.77. The number of ether oxygens (including phenoxy) is 1. The molecule has 0 aromatic carbocycles. The van der Waals surface area contributed by atoms with Gasteiger partial charge in [0.05, 0.1) is 19.4 Å². The summed E-state index contributed by atoms with van der Waals surface area (Å²) in [6, 6.07) is 6.58. The fourth-order valence-electron chi connectivity index (χ4n) is 5.86. The van der Waals surface area contributed by atoms with Gasteiger partial charge in [-0.3, -0.25) is 5.32 Å². The van der Waals surface area contributed by atoms with Gasteiger partial charge in [-0.1, -0.05) is 19.3 Å². The summed E-state index contributed by atoms with van der Waals surface area (Å²) in [5.74, 6) is -0.0687. The lowest BCUT2D eigenvalue weighted by Crippen LogP contribution is -2.68. The lowest BCUT2D eigenvalue weighted by Gasteiger charge is -2.49. The average molecular weight is 456 g/mol. The van der Waals surface area contributed by atoms with Gasteiger partial charge in [-0.15, -0.1) is 5.10 Å². The Balaban J connectivity index is 1.34. The molecule has 4 aliphatic rings. The first-order valence-electron chi connectivity index (χ1n) is 11.9. The molecule has 1 aliphatic carbocycles. The van der Waals surface area contributed by atoms with E-state index in [2.05, 4.69) is 15.5 Å². The highest BCUT2D eigenvalue weighted by Crippen LogP contribution is 2.42. The van der Waals surface area contributed by atoms with Crippen molar-refractivity contribution >= 4 is 17.8 Å². The fraction of sp³-hybridized carbons (Fsp3) is 0.583. The monoisotopic (exact) mass is 455 g/mol. The van der Waals surface area contributed by atoms with Gasteiger partial charge in [0.1, 0.15) is 12.3 Å². The number of esters is 1. The van der Waals surface area contributed by atoms with E-state index in [1.165, 1.54) is 6.26 Å². The van der Waals surface area contributed by atoms with Gasteiger partial charge >= 0.3 is 12.0 Å². The number of carbonyl (C=O) groups excluding carboxylic acids is 2. The Bertz CT molecular complexity index is 968. The number of nitrogens with zero attached hydrogens (tertiary/aromatic N) is 3. The Morgan fingerprint density at radius 3 is 2.58 bits per heavy atom. The van der Waals surface area contributed by atoms with Crippen molar-refractivity contribution in [3.63, 3.8) is 0 Å². The molecule has 176 valence electrons. The Kier molecular flexibility index (Phi) is 5.92. The van der Waals surface area contributed by atoms with Crippen LogP contribution in [0.15, 0.2) is 41.1 Å². The van der Waals surface area contributed by atoms with E-state index in [4.69, 9.17) is 9.15 Å². The Morgan fingerprint density at radius 1 is 1.12 bits per heavy atom. The van der Waals surface area contributed by atoms with Crippen LogP contribution in [0, 0.1) is 11.8 Å². The predicted molar refractivity (Wildman–Crippen MR) is 118 cm³/mol. The van der Waals surface area contributed by atoms with Gasteiger partial charge in [0, 0.05) is 30.9 Å². The second-order valence-electron chi connectivity index (χ2n) is 9.67. The van der Waals surface area contributed by atoms with Crippen LogP contribution in [0.1, 0.15) is 50.7 Å². The zero-order valence-electron chi connectivity index (χ0n) is 18.7. The number of aliphatic hydroxyl groups is 1. The number of amides is 2. The van der Waals surface area contributed by atoms with Gasteiger partial charge < -0.3 is 14.3 Å². The molecule has 0 radical (unpaired) electrons. The number of fused-ring (bicyclic) bond motifs is 3. The number of hydrogen-bond acceptors (Lipinski definition) is 7. The molecule has 2 amide bonds. The number of rotatable bonds is 5. The summed E-state index contributed by atoms with van der Waals surface area (Å²) in [4.78, 5) is 26.7. The number of quaternary nitrogens is 1. The molecular weight excluding hydrogens is 424 g/mol. The highest BCUT2D eigenvalue weighted by atomic mass is 16.6. The third-order valence-corrected chi connectivity index (χ3v) is 7.81. The van der Waals surface area contributed by atoms with Crippen molar-refractivity contribution in [1.29, 1.82) is 0 Å². The molecule has 4 fully saturated rings. The highest BCUT2D eigenvalue weighted by molar-refractivity contribution is 5.83. The largest absolute Gasteiger partial charge is 0.466 e. The molecule has 2 aromatic heterocycles. The quantitative estimate of drug-likeness (QED) is 0.525. The molecule has 2 atom stereocenters. The molecular formula is C24H31N4O5+. The lowest BCUT2D eigenvalue weighted by molar-refractivity contribution is -0.869. The zero-order valence-corrected chi connectivity index (χ0v) is 18.7. The minimum absolute atomic E-state index is 0.164. The van der Waals surface area contributed by atoms with E-state index in [9.17, 15) is 14.7 Å². The number of nitrogens with one attached hydrogen (secondary N) is 1. The molecule has 3 aliphatic heterocycles. The molecule has 2 N–H and O–H groups in total. The summed E-state index contributed by atoms with van der Waals surface area (Å²) >= 11 is 0. The van der Waals surface area contributed by atoms with Gasteiger partial charge in [-0.25, -0.2) is 14.1 Å². The van der Waals surface area contributed by atoms with Crippen LogP contribution in [0.3, 0.4) is 0 Å². The van der Waals surface area contributed by atoms with E-state index in [0.29, 0.717) is 25.5 Å². The van der Waals surface area contributed by atoms with Crippen molar-refractivity contribution in [3.05, 3.63) is 42.5 Å². The van der Waals surface area contributed by atoms with Crippen LogP contribution in [0.5, 0.6) is 0 Å². The first-order valence-corrected chi connectivity index (χ1v) is 11.9. The van der Waals surface area contributed by atoms with Crippen LogP contribution in [-0.2, 0) is 15.1 Å². The topological polar surface area (TPSA) is 115 Å². The highest BCUT2D eigenvalue weighted by Gasteiger charge is 2.55. The van der Waals surface area contributed by atoms with E-state index >= 15 is 0 Å². The van der Waals surface area contributed by atoms with E-state index < -0.39 is 17.7 Å². The van der Waals surface area contributed by atoms with Crippen molar-refractivity contribution in [3.8, 4) is 0 Å². The fourth-order valence-corrected chi connectivity index (χ4v) is 5.86. The normalized spacial score (nSPS) is 29.2. The third kappa shape index (κ3) is 4.04. The molecule has 1 unspecified atom stereocenters. The van der Waals surface area contributed by atoms with E-state index in [0.717, 1.165) is 44.9 Å². The molecule has 2 bridgehead atoms. The first-order chi connectivity index (χ1) is 16.0. The van der Waals surface area contributed by atoms with Gasteiger partial charge in [-0.2, -0.15) is 5.10 Å². The van der Waals surface area contributed by atoms with Crippen molar-refractivity contribution < 1.29 is 28.3 Å². The number of hydrogen-bond donors (Lipinski definition) is 2. The zero-order chi connectivity index (χ0) is 22.9. The lowest BCUT2D eigenvalue weighted by atomic mass is 9.75. The van der Waals surface area contributed by atoms with Crippen molar-refractivity contribution in [2.75, 3.05) is 25.0 Å². The Labute approximate surface area is 192 Å². The molecule has 1 saturated carbocycles. The maximum atomic E-state index is 13.5. The van der Waals surface area contributed by atoms with Crippen molar-refractivity contribution in [2.24, 2.45) is 11.8 Å². The van der Waals surface area contributed by atoms with Crippen LogP contribution in [0.2, 0.25) is 0 Å². The summed E-state index contributed by atoms with van der Waals surface area (Å²) in [5, 5.41) is 22.3. The second-order valence-corrected chi connectivity index (χ2v) is 9.67. The Hall–Kier alpha value is -2.78. The summed E-state index contributed by atoms with van der Waals surface area (Å²) < 4.78 is 11.7. The molecule has 9 nitrogen and oxygen atoms in total. The van der Waals surface area contributed by atoms with Crippen molar-refractivity contribution in [1.82, 2.24) is 10.2 Å². The number of furan rings is 1. The number of aromatic nitrogens is 2. The first kappa shape index (κ1) is 22.0. The maximum absolute atomic E-state index is 13.5. The van der Waals surface area contributed by atoms with Gasteiger partial charge in [0.2, 0.25) is 5.60 Å². The SMILES string of the molecule is O=C(OC1C[N+]2(C(=O)Nc3cccnn3)CCC1CC2)[C@](O)(c1ccco1)C1CCCCC1. The molecule has 0 spiro atoms. The molecule has 9 heteroatoms. The number of urea groups is 1. The van der Waals surface area contributed by atoms with Crippen LogP contribution >= 0.6 is 0 Å². The predicted octanol–water partition coefficient (Wildman–Crippen LogP) is 3.22. The summed E-state index contributed by atoms with van der Waals surface area (Å²) in [6.07, 6.45) is 8.71. The third-order valence-electron chi connectivity index (χ3n) is 7.81. The van der Waals surface area contributed by atoms with Crippen LogP contribution in [0.25, 0.3) is 0 Å². The Morgan fingerprint density at radius 2 is 1.91 bits per heavy atom. The van der Waals surface area contributed by atoms with E-state index in [1.54, 1.807) is 30.5 Å². The standard InChI is InChI=1S/C24H30N4O5/c29-22(24(31,20-8-5-15-32-20)18-6-2-1-3-7-18)33-19-16-28(13-10-17(19)11-14-28)23(30)26-21-9-4-12-25-27-21/h4-5,8-9,12,15,17-19,31H,1-3,6-7,10-11,13-14,16H2/p+1/t17?,19?,24-,28?/m1/s1. The molecule has 33 heavy (non-hydrogen) atoms. The second kappa shape index (κ2) is 8.87. The van der Waals surface area contributed by atoms with Crippen LogP contribution in [-0.4, -0.2) is 57.5 Å². The molecule has 3 saturated heterocycles. The van der Waals surface area contributed by atoms with E-state index in [-0.39, 0.29) is 28.1 Å². The minimum atomic E-state index is -1.80. The van der Waals surface area contributed by atoms with E-state index in [1.807, 2.05) is 0 Å². The number of piperidine rings is 3. The molecule has 5 heterocycles.